The van der Waals surface area contributed by atoms with Crippen molar-refractivity contribution in [2.75, 3.05) is 19.8 Å². The van der Waals surface area contributed by atoms with Crippen molar-refractivity contribution in [2.24, 2.45) is 0 Å². The minimum atomic E-state index is -0.701. The molecule has 3 aliphatic rings. The number of carbonyl (C=O) groups excluding carboxylic acids is 1. The summed E-state index contributed by atoms with van der Waals surface area (Å²) < 4.78 is 19.6. The van der Waals surface area contributed by atoms with Crippen LogP contribution in [0.1, 0.15) is 48.0 Å². The van der Waals surface area contributed by atoms with Crippen LogP contribution in [0.4, 0.5) is 4.39 Å². The van der Waals surface area contributed by atoms with Crippen LogP contribution in [0, 0.1) is 0 Å². The van der Waals surface area contributed by atoms with Crippen LogP contribution in [-0.4, -0.2) is 59.0 Å². The highest BCUT2D eigenvalue weighted by molar-refractivity contribution is 6.06. The number of ether oxygens (including phenoxy) is 1. The maximum absolute atomic E-state index is 13.5. The minimum absolute atomic E-state index is 0.0633. The van der Waals surface area contributed by atoms with E-state index >= 15 is 0 Å². The molecule has 2 heterocycles. The number of piperidine rings is 1. The maximum Gasteiger partial charge on any atom is 0.260 e. The van der Waals surface area contributed by atoms with Crippen LogP contribution in [-0.2, 0) is 6.54 Å². The molecule has 1 saturated carbocycles. The molecule has 0 radical (unpaired) electrons. The van der Waals surface area contributed by atoms with E-state index in [0.29, 0.717) is 30.7 Å². The summed E-state index contributed by atoms with van der Waals surface area (Å²) in [7, 11) is 0. The van der Waals surface area contributed by atoms with Crippen LogP contribution >= 0.6 is 0 Å². The fraction of sp³-hybridized carbons (Fsp3) is 0.522. The molecule has 2 fully saturated rings. The number of carbonyl (C=O) groups is 1. The van der Waals surface area contributed by atoms with E-state index in [9.17, 15) is 14.3 Å². The summed E-state index contributed by atoms with van der Waals surface area (Å²) in [5.41, 5.74) is 1.65. The number of halogens is 1. The molecule has 154 valence electrons. The molecule has 5 rings (SSSR count). The van der Waals surface area contributed by atoms with E-state index in [0.717, 1.165) is 48.7 Å². The van der Waals surface area contributed by atoms with E-state index in [1.54, 1.807) is 4.90 Å². The summed E-state index contributed by atoms with van der Waals surface area (Å²) in [5, 5.41) is 12.3. The number of hydrogen-bond donors (Lipinski definition) is 1. The van der Waals surface area contributed by atoms with Crippen LogP contribution in [0.15, 0.2) is 30.3 Å². The molecule has 2 aromatic rings. The molecule has 5 nitrogen and oxygen atoms in total. The molecular weight excluding hydrogens is 371 g/mol. The van der Waals surface area contributed by atoms with Gasteiger partial charge in [-0.2, -0.15) is 0 Å². The molecule has 6 heteroatoms. The molecule has 2 aliphatic heterocycles. The Bertz CT molecular complexity index is 926. The number of likely N-dealkylation sites (tertiary alicyclic amines) is 1. The van der Waals surface area contributed by atoms with E-state index < -0.39 is 12.3 Å². The van der Waals surface area contributed by atoms with E-state index in [1.165, 1.54) is 0 Å². The number of aliphatic hydroxyl groups excluding tert-OH is 1. The first-order chi connectivity index (χ1) is 14.1. The lowest BCUT2D eigenvalue weighted by Gasteiger charge is -2.36. The van der Waals surface area contributed by atoms with Crippen LogP contribution < -0.4 is 4.74 Å². The normalized spacial score (nSPS) is 26.0. The van der Waals surface area contributed by atoms with Crippen molar-refractivity contribution in [1.82, 2.24) is 9.80 Å². The Kier molecular flexibility index (Phi) is 4.92. The standard InChI is InChI=1S/C23H27FN2O3/c24-16-8-10-25(11-9-16)13-15-12-19-22(18-5-2-1-4-17(15)18)29-14-26(23(19)28)20-6-3-7-21(20)27/h1-2,4-5,12,16,20-21,27H,3,6-11,13-14H2/t20-,21-/m0/s1. The molecule has 29 heavy (non-hydrogen) atoms. The summed E-state index contributed by atoms with van der Waals surface area (Å²) in [4.78, 5) is 17.3. The van der Waals surface area contributed by atoms with Crippen LogP contribution in [0.5, 0.6) is 5.75 Å². The highest BCUT2D eigenvalue weighted by Crippen LogP contribution is 2.38. The van der Waals surface area contributed by atoms with Crippen LogP contribution in [0.2, 0.25) is 0 Å². The SMILES string of the molecule is O=C1c2cc(CN3CCC(F)CC3)c3ccccc3c2OCN1[C@H]1CCC[C@@H]1O. The van der Waals surface area contributed by atoms with Crippen molar-refractivity contribution >= 4 is 16.7 Å². The quantitative estimate of drug-likeness (QED) is 0.860. The first-order valence-corrected chi connectivity index (χ1v) is 10.6. The van der Waals surface area contributed by atoms with Gasteiger partial charge >= 0.3 is 0 Å². The Morgan fingerprint density at radius 3 is 2.59 bits per heavy atom. The molecule has 0 aromatic heterocycles. The van der Waals surface area contributed by atoms with Gasteiger partial charge in [-0.15, -0.1) is 0 Å². The molecule has 0 spiro atoms. The lowest BCUT2D eigenvalue weighted by Crippen LogP contribution is -2.48. The van der Waals surface area contributed by atoms with Gasteiger partial charge in [-0.25, -0.2) is 4.39 Å². The highest BCUT2D eigenvalue weighted by atomic mass is 19.1. The fourth-order valence-electron chi connectivity index (χ4n) is 5.05. The smallest absolute Gasteiger partial charge is 0.260 e. The van der Waals surface area contributed by atoms with Crippen molar-refractivity contribution in [3.63, 3.8) is 0 Å². The van der Waals surface area contributed by atoms with Gasteiger partial charge in [0.2, 0.25) is 0 Å². The van der Waals surface area contributed by atoms with Gasteiger partial charge in [0.25, 0.3) is 5.91 Å². The molecule has 1 N–H and O–H groups in total. The average molecular weight is 398 g/mol. The lowest BCUT2D eigenvalue weighted by atomic mass is 9.96. The van der Waals surface area contributed by atoms with Gasteiger partial charge in [-0.05, 0) is 49.1 Å². The number of amides is 1. The summed E-state index contributed by atoms with van der Waals surface area (Å²) in [6.45, 7) is 2.34. The van der Waals surface area contributed by atoms with Crippen molar-refractivity contribution in [2.45, 2.75) is 57.0 Å². The first-order valence-electron chi connectivity index (χ1n) is 10.6. The van der Waals surface area contributed by atoms with E-state index in [1.807, 2.05) is 24.3 Å². The number of alkyl halides is 1. The van der Waals surface area contributed by atoms with Crippen LogP contribution in [0.3, 0.4) is 0 Å². The minimum Gasteiger partial charge on any atom is -0.472 e. The van der Waals surface area contributed by atoms with Crippen molar-refractivity contribution in [1.29, 1.82) is 0 Å². The Labute approximate surface area is 170 Å². The number of fused-ring (bicyclic) bond motifs is 3. The van der Waals surface area contributed by atoms with E-state index in [4.69, 9.17) is 4.74 Å². The number of rotatable bonds is 3. The predicted octanol–water partition coefficient (Wildman–Crippen LogP) is 3.48. The molecule has 0 unspecified atom stereocenters. The molecule has 1 aliphatic carbocycles. The number of benzene rings is 2. The van der Waals surface area contributed by atoms with Gasteiger partial charge in [0, 0.05) is 25.0 Å². The topological polar surface area (TPSA) is 53.0 Å². The van der Waals surface area contributed by atoms with Crippen molar-refractivity contribution in [3.8, 4) is 5.75 Å². The van der Waals surface area contributed by atoms with Crippen LogP contribution in [0.25, 0.3) is 10.8 Å². The largest absolute Gasteiger partial charge is 0.472 e. The third-order valence-corrected chi connectivity index (χ3v) is 6.68. The first kappa shape index (κ1) is 18.8. The maximum atomic E-state index is 13.5. The molecule has 1 amide bonds. The number of hydrogen-bond acceptors (Lipinski definition) is 4. The van der Waals surface area contributed by atoms with Crippen molar-refractivity contribution in [3.05, 3.63) is 41.5 Å². The van der Waals surface area contributed by atoms with Gasteiger partial charge in [0.05, 0.1) is 17.7 Å². The zero-order valence-corrected chi connectivity index (χ0v) is 16.5. The number of nitrogens with zero attached hydrogens (tertiary/aromatic N) is 2. The lowest BCUT2D eigenvalue weighted by molar-refractivity contribution is 0.0132. The number of aliphatic hydroxyl groups is 1. The Morgan fingerprint density at radius 1 is 1.10 bits per heavy atom. The van der Waals surface area contributed by atoms with Gasteiger partial charge in [0.15, 0.2) is 6.73 Å². The Morgan fingerprint density at radius 2 is 1.86 bits per heavy atom. The Hall–Kier alpha value is -2.18. The second-order valence-corrected chi connectivity index (χ2v) is 8.52. The summed E-state index contributed by atoms with van der Waals surface area (Å²) in [6.07, 6.45) is 2.42. The third kappa shape index (κ3) is 3.38. The van der Waals surface area contributed by atoms with Gasteiger partial charge < -0.3 is 9.84 Å². The third-order valence-electron chi connectivity index (χ3n) is 6.68. The molecule has 0 bridgehead atoms. The highest BCUT2D eigenvalue weighted by Gasteiger charge is 2.38. The summed E-state index contributed by atoms with van der Waals surface area (Å²) >= 11 is 0. The average Bonchev–Trinajstić information content (AvgIpc) is 3.16. The zero-order valence-electron chi connectivity index (χ0n) is 16.5. The predicted molar refractivity (Wildman–Crippen MR) is 109 cm³/mol. The monoisotopic (exact) mass is 398 g/mol. The zero-order chi connectivity index (χ0) is 20.0. The summed E-state index contributed by atoms with van der Waals surface area (Å²) in [5.74, 6) is 0.576. The molecule has 1 saturated heterocycles. The van der Waals surface area contributed by atoms with Gasteiger partial charge in [0.1, 0.15) is 11.9 Å². The second kappa shape index (κ2) is 7.58. The van der Waals surface area contributed by atoms with E-state index in [2.05, 4.69) is 11.0 Å². The fourth-order valence-corrected chi connectivity index (χ4v) is 5.05. The second-order valence-electron chi connectivity index (χ2n) is 8.52. The van der Waals surface area contributed by atoms with E-state index in [-0.39, 0.29) is 18.7 Å². The summed E-state index contributed by atoms with van der Waals surface area (Å²) in [6, 6.07) is 9.80. The molecule has 2 aromatic carbocycles. The Balaban J connectivity index is 1.51. The molecule has 2 atom stereocenters. The van der Waals surface area contributed by atoms with Crippen molar-refractivity contribution < 1.29 is 19.0 Å². The molecular formula is C23H27FN2O3. The van der Waals surface area contributed by atoms with Gasteiger partial charge in [-0.3, -0.25) is 14.6 Å². The van der Waals surface area contributed by atoms with Gasteiger partial charge in [-0.1, -0.05) is 24.3 Å².